The molecule has 2 heterocycles. The molecule has 2 aromatic rings. The van der Waals surface area contributed by atoms with Gasteiger partial charge in [-0.05, 0) is 12.8 Å². The van der Waals surface area contributed by atoms with Crippen LogP contribution in [0.25, 0.3) is 4.96 Å². The zero-order valence-corrected chi connectivity index (χ0v) is 11.8. The normalized spacial score (nSPS) is 12.4. The van der Waals surface area contributed by atoms with Crippen molar-refractivity contribution in [3.8, 4) is 0 Å². The van der Waals surface area contributed by atoms with E-state index in [4.69, 9.17) is 10.5 Å². The van der Waals surface area contributed by atoms with Crippen LogP contribution < -0.4 is 5.73 Å². The number of hydrogen-bond donors (Lipinski definition) is 1. The summed E-state index contributed by atoms with van der Waals surface area (Å²) in [6, 6.07) is 0. The Bertz CT molecular complexity index is 508. The molecule has 0 amide bonds. The molecule has 0 unspecified atom stereocenters. The first-order valence-electron chi connectivity index (χ1n) is 6.11. The van der Waals surface area contributed by atoms with Crippen LogP contribution >= 0.6 is 11.3 Å². The number of rotatable bonds is 6. The van der Waals surface area contributed by atoms with Gasteiger partial charge in [-0.15, -0.1) is 10.2 Å². The monoisotopic (exact) mass is 269 g/mol. The first kappa shape index (κ1) is 13.4. The summed E-state index contributed by atoms with van der Waals surface area (Å²) in [7, 11) is 1.64. The van der Waals surface area contributed by atoms with Gasteiger partial charge in [0.2, 0.25) is 4.96 Å². The van der Waals surface area contributed by atoms with Gasteiger partial charge in [-0.25, -0.2) is 0 Å². The van der Waals surface area contributed by atoms with Crippen molar-refractivity contribution in [3.05, 3.63) is 10.8 Å². The molecule has 7 heteroatoms. The third kappa shape index (κ3) is 2.02. The molecule has 0 bridgehead atoms. The molecule has 0 radical (unpaired) electrons. The molecular weight excluding hydrogens is 250 g/mol. The Hall–Kier alpha value is -1.05. The Morgan fingerprint density at radius 3 is 2.61 bits per heavy atom. The summed E-state index contributed by atoms with van der Waals surface area (Å²) in [6.07, 6.45) is 1.95. The van der Waals surface area contributed by atoms with E-state index in [1.807, 2.05) is 0 Å². The van der Waals surface area contributed by atoms with Crippen LogP contribution in [0, 0.1) is 0 Å². The minimum atomic E-state index is -0.0459. The van der Waals surface area contributed by atoms with Crippen molar-refractivity contribution in [2.24, 2.45) is 5.73 Å². The Labute approximate surface area is 110 Å². The molecule has 0 aliphatic rings. The molecule has 0 aromatic carbocycles. The van der Waals surface area contributed by atoms with Gasteiger partial charge in [-0.2, -0.15) is 9.61 Å². The maximum absolute atomic E-state index is 5.94. The van der Waals surface area contributed by atoms with Crippen molar-refractivity contribution in [2.45, 2.75) is 38.7 Å². The van der Waals surface area contributed by atoms with Crippen LogP contribution in [0.1, 0.15) is 37.5 Å². The van der Waals surface area contributed by atoms with Gasteiger partial charge in [-0.1, -0.05) is 25.2 Å². The summed E-state index contributed by atoms with van der Waals surface area (Å²) in [6.45, 7) is 5.31. The van der Waals surface area contributed by atoms with Crippen molar-refractivity contribution in [1.29, 1.82) is 0 Å². The summed E-state index contributed by atoms with van der Waals surface area (Å²) in [5.74, 6) is 0.730. The molecule has 0 saturated heterocycles. The second kappa shape index (κ2) is 5.29. The van der Waals surface area contributed by atoms with E-state index in [1.54, 1.807) is 23.0 Å². The van der Waals surface area contributed by atoms with E-state index < -0.39 is 0 Å². The Kier molecular flexibility index (Phi) is 3.94. The lowest BCUT2D eigenvalue weighted by Crippen LogP contribution is -2.33. The third-order valence-corrected chi connectivity index (χ3v) is 4.67. The molecule has 100 valence electrons. The smallest absolute Gasteiger partial charge is 0.234 e. The first-order valence-corrected chi connectivity index (χ1v) is 6.93. The highest BCUT2D eigenvalue weighted by molar-refractivity contribution is 7.16. The van der Waals surface area contributed by atoms with Gasteiger partial charge >= 0.3 is 0 Å². The number of nitrogens with zero attached hydrogens (tertiary/aromatic N) is 4. The van der Waals surface area contributed by atoms with Crippen molar-refractivity contribution >= 4 is 16.3 Å². The molecular formula is C11H19N5OS. The highest BCUT2D eigenvalue weighted by atomic mass is 32.1. The first-order chi connectivity index (χ1) is 8.70. The molecule has 18 heavy (non-hydrogen) atoms. The van der Waals surface area contributed by atoms with E-state index in [0.29, 0.717) is 13.2 Å². The molecule has 2 N–H and O–H groups in total. The fraction of sp³-hybridized carbons (Fsp3) is 0.727. The highest BCUT2D eigenvalue weighted by Gasteiger charge is 2.31. The number of aromatic nitrogens is 4. The maximum Gasteiger partial charge on any atom is 0.234 e. The second-order valence-corrected chi connectivity index (χ2v) is 5.30. The summed E-state index contributed by atoms with van der Waals surface area (Å²) in [4.78, 5) is 0.803. The van der Waals surface area contributed by atoms with Gasteiger partial charge in [-0.3, -0.25) is 0 Å². The summed E-state index contributed by atoms with van der Waals surface area (Å²) < 4.78 is 6.85. The van der Waals surface area contributed by atoms with Crippen molar-refractivity contribution in [2.75, 3.05) is 13.7 Å². The standard InChI is InChI=1S/C11H19N5OS/c1-4-11(5-2,7-12)9-15-16-8(6-17-3)13-14-10(16)18-9/h4-7,12H2,1-3H3. The van der Waals surface area contributed by atoms with E-state index in [2.05, 4.69) is 29.1 Å². The SMILES string of the molecule is CCC(CC)(CN)c1nn2c(COC)nnc2s1. The average Bonchev–Trinajstić information content (AvgIpc) is 2.95. The lowest BCUT2D eigenvalue weighted by Gasteiger charge is -2.26. The quantitative estimate of drug-likeness (QED) is 0.856. The number of methoxy groups -OCH3 is 1. The van der Waals surface area contributed by atoms with Crippen LogP contribution in [0.2, 0.25) is 0 Å². The van der Waals surface area contributed by atoms with E-state index in [1.165, 1.54) is 0 Å². The predicted octanol–water partition coefficient (Wildman–Crippen LogP) is 1.35. The van der Waals surface area contributed by atoms with Crippen LogP contribution in [0.5, 0.6) is 0 Å². The van der Waals surface area contributed by atoms with Gasteiger partial charge in [0.25, 0.3) is 0 Å². The van der Waals surface area contributed by atoms with Crippen LogP contribution in [-0.4, -0.2) is 33.5 Å². The number of nitrogens with two attached hydrogens (primary N) is 1. The van der Waals surface area contributed by atoms with Gasteiger partial charge in [0.1, 0.15) is 11.6 Å². The Morgan fingerprint density at radius 1 is 1.33 bits per heavy atom. The lowest BCUT2D eigenvalue weighted by molar-refractivity contribution is 0.176. The van der Waals surface area contributed by atoms with Crippen molar-refractivity contribution in [3.63, 3.8) is 0 Å². The predicted molar refractivity (Wildman–Crippen MR) is 70.7 cm³/mol. The number of fused-ring (bicyclic) bond motifs is 1. The molecule has 0 saturated carbocycles. The molecule has 0 atom stereocenters. The summed E-state index contributed by atoms with van der Waals surface area (Å²) >= 11 is 1.57. The zero-order valence-electron chi connectivity index (χ0n) is 11.0. The summed E-state index contributed by atoms with van der Waals surface area (Å²) in [5.41, 5.74) is 5.90. The lowest BCUT2D eigenvalue weighted by atomic mass is 9.83. The van der Waals surface area contributed by atoms with Crippen LogP contribution in [-0.2, 0) is 16.8 Å². The number of ether oxygens (including phenoxy) is 1. The molecule has 6 nitrogen and oxygen atoms in total. The molecule has 0 aliphatic heterocycles. The molecule has 0 fully saturated rings. The highest BCUT2D eigenvalue weighted by Crippen LogP contribution is 2.33. The minimum Gasteiger partial charge on any atom is -0.377 e. The van der Waals surface area contributed by atoms with Gasteiger partial charge < -0.3 is 10.5 Å². The number of hydrogen-bond acceptors (Lipinski definition) is 6. The van der Waals surface area contributed by atoms with Crippen molar-refractivity contribution < 1.29 is 4.74 Å². The molecule has 2 rings (SSSR count). The van der Waals surface area contributed by atoms with E-state index in [-0.39, 0.29) is 5.41 Å². The minimum absolute atomic E-state index is 0.0459. The van der Waals surface area contributed by atoms with E-state index in [9.17, 15) is 0 Å². The average molecular weight is 269 g/mol. The Morgan fingerprint density at radius 2 is 2.06 bits per heavy atom. The van der Waals surface area contributed by atoms with Gasteiger partial charge in [0.05, 0.1) is 0 Å². The van der Waals surface area contributed by atoms with Crippen molar-refractivity contribution in [1.82, 2.24) is 19.8 Å². The van der Waals surface area contributed by atoms with Crippen LogP contribution in [0.4, 0.5) is 0 Å². The fourth-order valence-electron chi connectivity index (χ4n) is 2.02. The van der Waals surface area contributed by atoms with Gasteiger partial charge in [0, 0.05) is 19.1 Å². The molecule has 0 aliphatic carbocycles. The topological polar surface area (TPSA) is 78.3 Å². The van der Waals surface area contributed by atoms with Gasteiger partial charge in [0.15, 0.2) is 5.82 Å². The fourth-order valence-corrected chi connectivity index (χ4v) is 3.22. The van der Waals surface area contributed by atoms with E-state index >= 15 is 0 Å². The second-order valence-electron chi connectivity index (χ2n) is 4.34. The maximum atomic E-state index is 5.94. The molecule has 2 aromatic heterocycles. The van der Waals surface area contributed by atoms with Crippen LogP contribution in [0.15, 0.2) is 0 Å². The summed E-state index contributed by atoms with van der Waals surface area (Å²) in [5, 5.41) is 13.8. The van der Waals surface area contributed by atoms with Crippen LogP contribution in [0.3, 0.4) is 0 Å². The largest absolute Gasteiger partial charge is 0.377 e. The van der Waals surface area contributed by atoms with E-state index in [0.717, 1.165) is 28.6 Å². The molecule has 0 spiro atoms. The third-order valence-electron chi connectivity index (χ3n) is 3.53. The zero-order chi connectivity index (χ0) is 13.2. The Balaban J connectivity index is 2.46.